The summed E-state index contributed by atoms with van der Waals surface area (Å²) in [6.07, 6.45) is -0.203. The maximum atomic E-state index is 12.1. The third-order valence-corrected chi connectivity index (χ3v) is 5.47. The number of carbonyl (C=O) groups is 1. The smallest absolute Gasteiger partial charge is 0.311 e. The molecule has 4 nitrogen and oxygen atoms in total. The average Bonchev–Trinajstić information content (AvgIpc) is 2.31. The molecule has 0 saturated carbocycles. The van der Waals surface area contributed by atoms with Gasteiger partial charge in [-0.15, -0.1) is 0 Å². The molecular formula is C14H17BrO4S. The van der Waals surface area contributed by atoms with Crippen molar-refractivity contribution in [2.75, 3.05) is 5.75 Å². The summed E-state index contributed by atoms with van der Waals surface area (Å²) in [6.45, 7) is 5.32. The van der Waals surface area contributed by atoms with Gasteiger partial charge < -0.3 is 4.74 Å². The first-order valence-corrected chi connectivity index (χ1v) is 8.79. The summed E-state index contributed by atoms with van der Waals surface area (Å²) < 4.78 is 30.4. The van der Waals surface area contributed by atoms with Crippen molar-refractivity contribution in [1.82, 2.24) is 0 Å². The zero-order valence-corrected chi connectivity index (χ0v) is 14.0. The van der Waals surface area contributed by atoms with E-state index in [9.17, 15) is 13.2 Å². The molecule has 0 fully saturated rings. The second-order valence-corrected chi connectivity index (χ2v) is 8.93. The minimum absolute atomic E-state index is 0.00369. The van der Waals surface area contributed by atoms with Gasteiger partial charge in [-0.3, -0.25) is 4.79 Å². The van der Waals surface area contributed by atoms with Crippen LogP contribution in [0, 0.1) is 5.41 Å². The van der Waals surface area contributed by atoms with Gasteiger partial charge in [-0.05, 0) is 39.0 Å². The quantitative estimate of drug-likeness (QED) is 0.721. The van der Waals surface area contributed by atoms with E-state index >= 15 is 0 Å². The fraction of sp³-hybridized carbons (Fsp3) is 0.500. The summed E-state index contributed by atoms with van der Waals surface area (Å²) in [5.74, 6) is -0.322. The van der Waals surface area contributed by atoms with Crippen LogP contribution in [-0.4, -0.2) is 20.1 Å². The number of sulfone groups is 1. The second kappa shape index (κ2) is 5.15. The Labute approximate surface area is 127 Å². The maximum Gasteiger partial charge on any atom is 0.311 e. The van der Waals surface area contributed by atoms with Crippen molar-refractivity contribution in [2.24, 2.45) is 5.41 Å². The molecule has 0 bridgehead atoms. The van der Waals surface area contributed by atoms with E-state index in [1.807, 2.05) is 0 Å². The van der Waals surface area contributed by atoms with E-state index in [0.717, 1.165) is 4.47 Å². The van der Waals surface area contributed by atoms with Crippen molar-refractivity contribution in [3.8, 4) is 0 Å². The lowest BCUT2D eigenvalue weighted by Gasteiger charge is -2.28. The Kier molecular flexibility index (Phi) is 3.99. The monoisotopic (exact) mass is 360 g/mol. The predicted octanol–water partition coefficient (Wildman–Crippen LogP) is 3.26. The Morgan fingerprint density at radius 1 is 1.35 bits per heavy atom. The molecule has 1 aliphatic rings. The molecule has 20 heavy (non-hydrogen) atoms. The summed E-state index contributed by atoms with van der Waals surface area (Å²) in [6, 6.07) is 4.96. The van der Waals surface area contributed by atoms with Crippen molar-refractivity contribution in [3.63, 3.8) is 0 Å². The van der Waals surface area contributed by atoms with Crippen LogP contribution >= 0.6 is 15.9 Å². The molecule has 0 spiro atoms. The lowest BCUT2D eigenvalue weighted by atomic mass is 9.97. The maximum absolute atomic E-state index is 12.1. The highest BCUT2D eigenvalue weighted by Gasteiger charge is 2.34. The van der Waals surface area contributed by atoms with Gasteiger partial charge in [-0.2, -0.15) is 0 Å². The molecule has 6 heteroatoms. The Balaban J connectivity index is 2.40. The summed E-state index contributed by atoms with van der Waals surface area (Å²) >= 11 is 3.33. The van der Waals surface area contributed by atoms with Crippen molar-refractivity contribution in [2.45, 2.75) is 38.2 Å². The summed E-state index contributed by atoms with van der Waals surface area (Å²) in [4.78, 5) is 12.3. The Bertz CT molecular complexity index is 644. The van der Waals surface area contributed by atoms with Crippen LogP contribution in [-0.2, 0) is 19.4 Å². The zero-order valence-electron chi connectivity index (χ0n) is 11.6. The standard InChI is InChI=1S/C14H17BrO4S/c1-14(2,3)13(16)19-11-6-7-20(17,18)12-5-4-9(15)8-10(11)12/h4-5,8,11H,6-7H2,1-3H3. The molecule has 2 rings (SSSR count). The Hall–Kier alpha value is -0.880. The van der Waals surface area contributed by atoms with E-state index in [4.69, 9.17) is 4.74 Å². The van der Waals surface area contributed by atoms with Gasteiger partial charge in [0.1, 0.15) is 6.10 Å². The number of fused-ring (bicyclic) bond motifs is 1. The van der Waals surface area contributed by atoms with E-state index in [2.05, 4.69) is 15.9 Å². The van der Waals surface area contributed by atoms with Crippen LogP contribution in [0.25, 0.3) is 0 Å². The highest BCUT2D eigenvalue weighted by atomic mass is 79.9. The molecule has 1 unspecified atom stereocenters. The molecule has 0 radical (unpaired) electrons. The van der Waals surface area contributed by atoms with Crippen LogP contribution in [0.15, 0.2) is 27.6 Å². The van der Waals surface area contributed by atoms with E-state index in [-0.39, 0.29) is 16.6 Å². The summed E-state index contributed by atoms with van der Waals surface area (Å²) in [7, 11) is -3.28. The first kappa shape index (κ1) is 15.5. The zero-order chi connectivity index (χ0) is 15.1. The lowest BCUT2D eigenvalue weighted by molar-refractivity contribution is -0.159. The number of carbonyl (C=O) groups excluding carboxylic acids is 1. The van der Waals surface area contributed by atoms with Gasteiger partial charge in [-0.25, -0.2) is 8.42 Å². The lowest BCUT2D eigenvalue weighted by Crippen LogP contribution is -2.29. The number of benzene rings is 1. The normalized spacial score (nSPS) is 21.1. The molecule has 1 aromatic rings. The largest absolute Gasteiger partial charge is 0.457 e. The molecule has 0 aromatic heterocycles. The molecule has 1 aliphatic heterocycles. The van der Waals surface area contributed by atoms with E-state index in [0.29, 0.717) is 12.0 Å². The highest BCUT2D eigenvalue weighted by Crippen LogP contribution is 2.37. The van der Waals surface area contributed by atoms with Crippen LogP contribution < -0.4 is 0 Å². The molecule has 110 valence electrons. The van der Waals surface area contributed by atoms with E-state index in [1.54, 1.807) is 39.0 Å². The Morgan fingerprint density at radius 3 is 2.60 bits per heavy atom. The van der Waals surface area contributed by atoms with Crippen LogP contribution in [0.5, 0.6) is 0 Å². The van der Waals surface area contributed by atoms with Crippen LogP contribution in [0.3, 0.4) is 0 Å². The van der Waals surface area contributed by atoms with Gasteiger partial charge in [0, 0.05) is 16.5 Å². The van der Waals surface area contributed by atoms with E-state index in [1.165, 1.54) is 0 Å². The minimum atomic E-state index is -3.28. The predicted molar refractivity (Wildman–Crippen MR) is 79.1 cm³/mol. The topological polar surface area (TPSA) is 60.4 Å². The molecule has 0 saturated heterocycles. The third kappa shape index (κ3) is 3.06. The molecule has 1 aromatic carbocycles. The molecule has 1 heterocycles. The first-order valence-electron chi connectivity index (χ1n) is 6.34. The van der Waals surface area contributed by atoms with Gasteiger partial charge in [0.2, 0.25) is 0 Å². The summed E-state index contributed by atoms with van der Waals surface area (Å²) in [5, 5.41) is 0. The van der Waals surface area contributed by atoms with Crippen LogP contribution in [0.4, 0.5) is 0 Å². The molecule has 0 aliphatic carbocycles. The second-order valence-electron chi connectivity index (χ2n) is 5.93. The van der Waals surface area contributed by atoms with Crippen molar-refractivity contribution in [3.05, 3.63) is 28.2 Å². The number of hydrogen-bond donors (Lipinski definition) is 0. The van der Waals surface area contributed by atoms with Crippen molar-refractivity contribution in [1.29, 1.82) is 0 Å². The number of ether oxygens (including phenoxy) is 1. The number of halogens is 1. The molecule has 1 atom stereocenters. The Morgan fingerprint density at radius 2 is 2.00 bits per heavy atom. The third-order valence-electron chi connectivity index (χ3n) is 3.16. The minimum Gasteiger partial charge on any atom is -0.457 e. The van der Waals surface area contributed by atoms with Gasteiger partial charge in [0.15, 0.2) is 9.84 Å². The van der Waals surface area contributed by atoms with E-state index < -0.39 is 21.4 Å². The van der Waals surface area contributed by atoms with Gasteiger partial charge in [0.05, 0.1) is 16.1 Å². The number of rotatable bonds is 1. The highest BCUT2D eigenvalue weighted by molar-refractivity contribution is 9.10. The van der Waals surface area contributed by atoms with Gasteiger partial charge >= 0.3 is 5.97 Å². The van der Waals surface area contributed by atoms with Crippen molar-refractivity contribution < 1.29 is 17.9 Å². The number of hydrogen-bond acceptors (Lipinski definition) is 4. The van der Waals surface area contributed by atoms with Crippen LogP contribution in [0.1, 0.15) is 38.9 Å². The number of esters is 1. The van der Waals surface area contributed by atoms with Gasteiger partial charge in [0.25, 0.3) is 0 Å². The molecule has 0 amide bonds. The average molecular weight is 361 g/mol. The summed E-state index contributed by atoms with van der Waals surface area (Å²) in [5.41, 5.74) is -0.0501. The fourth-order valence-electron chi connectivity index (χ4n) is 2.01. The molecular weight excluding hydrogens is 344 g/mol. The first-order chi connectivity index (χ1) is 9.11. The van der Waals surface area contributed by atoms with Crippen molar-refractivity contribution >= 4 is 31.7 Å². The van der Waals surface area contributed by atoms with Crippen LogP contribution in [0.2, 0.25) is 0 Å². The van der Waals surface area contributed by atoms with Gasteiger partial charge in [-0.1, -0.05) is 15.9 Å². The molecule has 0 N–H and O–H groups in total. The fourth-order valence-corrected chi connectivity index (χ4v) is 3.96. The SMILES string of the molecule is CC(C)(C)C(=O)OC1CCS(=O)(=O)c2ccc(Br)cc21.